The van der Waals surface area contributed by atoms with Gasteiger partial charge in [0.1, 0.15) is 21.5 Å². The van der Waals surface area contributed by atoms with E-state index in [1.165, 1.54) is 19.3 Å². The molecule has 0 atom stereocenters. The van der Waals surface area contributed by atoms with Crippen LogP contribution in [0.5, 0.6) is 0 Å². The van der Waals surface area contributed by atoms with E-state index in [1.807, 2.05) is 68.7 Å². The summed E-state index contributed by atoms with van der Waals surface area (Å²) in [6.45, 7) is 1.53. The number of carbonyl (C=O) groups is 1. The standard InChI is InChI=1S/C27H29N7OS/c1-34(2)16-15-28-23-17-22(29-24(31-23)18-9-4-3-5-10-18)25(35)30-21-14-7-6-13-20(21)27-33-32-26(36-27)19-11-8-12-19/h3-7,9-10,13-14,17,19H,8,11-12,15-16H2,1-2H3,(H,30,35)(H,28,29,31). The summed E-state index contributed by atoms with van der Waals surface area (Å²) in [6, 6.07) is 19.1. The van der Waals surface area contributed by atoms with Gasteiger partial charge in [0.25, 0.3) is 5.91 Å². The Morgan fingerprint density at radius 1 is 1.03 bits per heavy atom. The molecule has 184 valence electrons. The van der Waals surface area contributed by atoms with E-state index in [0.29, 0.717) is 35.5 Å². The number of likely N-dealkylation sites (N-methyl/N-ethyl adjacent to an activating group) is 1. The van der Waals surface area contributed by atoms with Crippen LogP contribution in [0.25, 0.3) is 22.0 Å². The first-order valence-electron chi connectivity index (χ1n) is 12.1. The summed E-state index contributed by atoms with van der Waals surface area (Å²) in [6.07, 6.45) is 3.60. The number of amides is 1. The summed E-state index contributed by atoms with van der Waals surface area (Å²) in [5, 5.41) is 17.1. The van der Waals surface area contributed by atoms with E-state index >= 15 is 0 Å². The summed E-state index contributed by atoms with van der Waals surface area (Å²) < 4.78 is 0. The van der Waals surface area contributed by atoms with Gasteiger partial charge in [-0.3, -0.25) is 4.79 Å². The summed E-state index contributed by atoms with van der Waals surface area (Å²) in [4.78, 5) is 24.7. The molecule has 2 aromatic heterocycles. The molecule has 2 aromatic carbocycles. The van der Waals surface area contributed by atoms with Gasteiger partial charge in [0.15, 0.2) is 5.82 Å². The quantitative estimate of drug-likeness (QED) is 0.329. The zero-order chi connectivity index (χ0) is 24.9. The van der Waals surface area contributed by atoms with Gasteiger partial charge in [-0.1, -0.05) is 60.2 Å². The molecule has 4 aromatic rings. The monoisotopic (exact) mass is 499 g/mol. The van der Waals surface area contributed by atoms with Crippen LogP contribution in [-0.4, -0.2) is 58.2 Å². The first-order valence-corrected chi connectivity index (χ1v) is 13.0. The summed E-state index contributed by atoms with van der Waals surface area (Å²) >= 11 is 1.61. The topological polar surface area (TPSA) is 95.9 Å². The van der Waals surface area contributed by atoms with E-state index in [0.717, 1.165) is 27.7 Å². The molecule has 0 bridgehead atoms. The van der Waals surface area contributed by atoms with Crippen LogP contribution in [0.1, 0.15) is 40.7 Å². The molecule has 1 aliphatic rings. The molecule has 8 nitrogen and oxygen atoms in total. The minimum Gasteiger partial charge on any atom is -0.369 e. The average Bonchev–Trinajstić information content (AvgIpc) is 3.32. The highest BCUT2D eigenvalue weighted by atomic mass is 32.1. The third kappa shape index (κ3) is 5.58. The third-order valence-electron chi connectivity index (χ3n) is 6.16. The lowest BCUT2D eigenvalue weighted by Crippen LogP contribution is -2.22. The lowest BCUT2D eigenvalue weighted by Gasteiger charge is -2.21. The predicted octanol–water partition coefficient (Wildman–Crippen LogP) is 5.16. The van der Waals surface area contributed by atoms with Gasteiger partial charge < -0.3 is 15.5 Å². The Kier molecular flexibility index (Phi) is 7.29. The number of benzene rings is 2. The number of rotatable bonds is 9. The van der Waals surface area contributed by atoms with E-state index < -0.39 is 0 Å². The largest absolute Gasteiger partial charge is 0.369 e. The van der Waals surface area contributed by atoms with Gasteiger partial charge in [0, 0.05) is 36.2 Å². The van der Waals surface area contributed by atoms with E-state index in [2.05, 4.69) is 35.7 Å². The van der Waals surface area contributed by atoms with Crippen LogP contribution in [0.15, 0.2) is 60.7 Å². The van der Waals surface area contributed by atoms with Gasteiger partial charge >= 0.3 is 0 Å². The molecule has 1 saturated carbocycles. The van der Waals surface area contributed by atoms with Crippen molar-refractivity contribution in [1.29, 1.82) is 0 Å². The fraction of sp³-hybridized carbons (Fsp3) is 0.296. The van der Waals surface area contributed by atoms with E-state index in [9.17, 15) is 4.79 Å². The average molecular weight is 500 g/mol. The van der Waals surface area contributed by atoms with Crippen molar-refractivity contribution >= 4 is 28.7 Å². The van der Waals surface area contributed by atoms with Gasteiger partial charge in [-0.25, -0.2) is 9.97 Å². The Morgan fingerprint density at radius 3 is 2.56 bits per heavy atom. The molecule has 0 unspecified atom stereocenters. The van der Waals surface area contributed by atoms with E-state index in [4.69, 9.17) is 0 Å². The third-order valence-corrected chi connectivity index (χ3v) is 7.28. The maximum atomic E-state index is 13.4. The number of hydrogen-bond acceptors (Lipinski definition) is 8. The molecule has 0 radical (unpaired) electrons. The van der Waals surface area contributed by atoms with Gasteiger partial charge in [0.05, 0.1) is 5.69 Å². The molecule has 2 N–H and O–H groups in total. The van der Waals surface area contributed by atoms with Crippen molar-refractivity contribution in [3.05, 3.63) is 71.4 Å². The number of carbonyl (C=O) groups excluding carboxylic acids is 1. The number of para-hydroxylation sites is 1. The zero-order valence-corrected chi connectivity index (χ0v) is 21.3. The van der Waals surface area contributed by atoms with Crippen LogP contribution in [0, 0.1) is 0 Å². The normalized spacial score (nSPS) is 13.4. The van der Waals surface area contributed by atoms with Crippen LogP contribution in [0.4, 0.5) is 11.5 Å². The molecule has 9 heteroatoms. The van der Waals surface area contributed by atoms with Crippen molar-refractivity contribution in [3.8, 4) is 22.0 Å². The second kappa shape index (κ2) is 10.9. The van der Waals surface area contributed by atoms with Crippen LogP contribution in [-0.2, 0) is 0 Å². The molecule has 36 heavy (non-hydrogen) atoms. The number of aromatic nitrogens is 4. The van der Waals surface area contributed by atoms with Gasteiger partial charge in [-0.15, -0.1) is 10.2 Å². The molecule has 0 spiro atoms. The van der Waals surface area contributed by atoms with Crippen LogP contribution >= 0.6 is 11.3 Å². The summed E-state index contributed by atoms with van der Waals surface area (Å²) in [5.74, 6) is 1.33. The smallest absolute Gasteiger partial charge is 0.274 e. The molecule has 0 saturated heterocycles. The molecule has 1 fully saturated rings. The Balaban J connectivity index is 1.42. The maximum absolute atomic E-state index is 13.4. The van der Waals surface area contributed by atoms with Crippen molar-refractivity contribution in [2.24, 2.45) is 0 Å². The molecular weight excluding hydrogens is 470 g/mol. The molecule has 0 aliphatic heterocycles. The molecule has 1 amide bonds. The lowest BCUT2D eigenvalue weighted by atomic mass is 9.86. The molecule has 1 aliphatic carbocycles. The highest BCUT2D eigenvalue weighted by Gasteiger charge is 2.24. The number of anilines is 2. The molecular formula is C27H29N7OS. The van der Waals surface area contributed by atoms with Crippen molar-refractivity contribution in [1.82, 2.24) is 25.1 Å². The van der Waals surface area contributed by atoms with Crippen molar-refractivity contribution in [3.63, 3.8) is 0 Å². The SMILES string of the molecule is CN(C)CCNc1cc(C(=O)Nc2ccccc2-c2nnc(C3CCC3)s2)nc(-c2ccccc2)n1. The Hall–Kier alpha value is -3.69. The summed E-state index contributed by atoms with van der Waals surface area (Å²) in [5.41, 5.74) is 2.68. The number of nitrogens with zero attached hydrogens (tertiary/aromatic N) is 5. The van der Waals surface area contributed by atoms with Gasteiger partial charge in [-0.05, 0) is 39.1 Å². The fourth-order valence-corrected chi connectivity index (χ4v) is 4.96. The highest BCUT2D eigenvalue weighted by molar-refractivity contribution is 7.14. The minimum atomic E-state index is -0.304. The highest BCUT2D eigenvalue weighted by Crippen LogP contribution is 2.40. The number of hydrogen-bond donors (Lipinski definition) is 2. The summed E-state index contributed by atoms with van der Waals surface area (Å²) in [7, 11) is 4.03. The first-order chi connectivity index (χ1) is 17.6. The number of nitrogens with one attached hydrogen (secondary N) is 2. The second-order valence-electron chi connectivity index (χ2n) is 9.13. The molecule has 5 rings (SSSR count). The van der Waals surface area contributed by atoms with Crippen LogP contribution in [0.3, 0.4) is 0 Å². The Labute approximate surface area is 214 Å². The van der Waals surface area contributed by atoms with Crippen molar-refractivity contribution in [2.45, 2.75) is 25.2 Å². The van der Waals surface area contributed by atoms with E-state index in [1.54, 1.807) is 17.4 Å². The van der Waals surface area contributed by atoms with Crippen molar-refractivity contribution in [2.75, 3.05) is 37.8 Å². The zero-order valence-electron chi connectivity index (χ0n) is 20.4. The van der Waals surface area contributed by atoms with Gasteiger partial charge in [-0.2, -0.15) is 0 Å². The van der Waals surface area contributed by atoms with E-state index in [-0.39, 0.29) is 5.91 Å². The Morgan fingerprint density at radius 2 is 1.81 bits per heavy atom. The maximum Gasteiger partial charge on any atom is 0.274 e. The van der Waals surface area contributed by atoms with Gasteiger partial charge in [0.2, 0.25) is 0 Å². The molecule has 2 heterocycles. The second-order valence-corrected chi connectivity index (χ2v) is 10.1. The van der Waals surface area contributed by atoms with Crippen molar-refractivity contribution < 1.29 is 4.79 Å². The van der Waals surface area contributed by atoms with Crippen LogP contribution < -0.4 is 10.6 Å². The first kappa shape index (κ1) is 24.0. The lowest BCUT2D eigenvalue weighted by molar-refractivity contribution is 0.102. The van der Waals surface area contributed by atoms with Crippen LogP contribution in [0.2, 0.25) is 0 Å². The fourth-order valence-electron chi connectivity index (χ4n) is 3.91. The predicted molar refractivity (Wildman–Crippen MR) is 144 cm³/mol. The minimum absolute atomic E-state index is 0.290. The Bertz CT molecular complexity index is 1330.